The molecule has 3 atom stereocenters. The van der Waals surface area contributed by atoms with E-state index in [-0.39, 0.29) is 18.4 Å². The first-order chi connectivity index (χ1) is 13.0. The highest BCUT2D eigenvalue weighted by Crippen LogP contribution is 2.21. The minimum atomic E-state index is -0.434. The molecule has 2 aromatic rings. The highest BCUT2D eigenvalue weighted by atomic mass is 16.5. The molecule has 0 aliphatic heterocycles. The number of benzene rings is 2. The number of hydrogen-bond donors (Lipinski definition) is 2. The Balaban J connectivity index is 1.95. The SMILES string of the molecule is CCCC(C)COc1ccc([C@H](CO)NC(=O)[C@H](C)c2ccccc2)cc1. The van der Waals surface area contributed by atoms with Gasteiger partial charge in [-0.25, -0.2) is 0 Å². The molecule has 0 heterocycles. The Bertz CT molecular complexity index is 685. The minimum Gasteiger partial charge on any atom is -0.493 e. The van der Waals surface area contributed by atoms with Crippen molar-refractivity contribution in [2.24, 2.45) is 5.92 Å². The first kappa shape index (κ1) is 21.0. The number of aliphatic hydroxyl groups excluding tert-OH is 1. The smallest absolute Gasteiger partial charge is 0.227 e. The molecule has 0 aliphatic carbocycles. The molecule has 2 N–H and O–H groups in total. The monoisotopic (exact) mass is 369 g/mol. The van der Waals surface area contributed by atoms with E-state index in [0.29, 0.717) is 12.5 Å². The lowest BCUT2D eigenvalue weighted by molar-refractivity contribution is -0.123. The second-order valence-corrected chi connectivity index (χ2v) is 7.15. The van der Waals surface area contributed by atoms with Gasteiger partial charge in [0.1, 0.15) is 5.75 Å². The van der Waals surface area contributed by atoms with Crippen LogP contribution in [0.15, 0.2) is 54.6 Å². The van der Waals surface area contributed by atoms with Crippen LogP contribution in [0.1, 0.15) is 56.7 Å². The predicted molar refractivity (Wildman–Crippen MR) is 109 cm³/mol. The predicted octanol–water partition coefficient (Wildman–Crippen LogP) is 4.45. The maximum Gasteiger partial charge on any atom is 0.227 e. The van der Waals surface area contributed by atoms with Crippen molar-refractivity contribution in [3.63, 3.8) is 0 Å². The van der Waals surface area contributed by atoms with Gasteiger partial charge >= 0.3 is 0 Å². The van der Waals surface area contributed by atoms with Gasteiger partial charge in [0.15, 0.2) is 0 Å². The molecular formula is C23H31NO3. The zero-order chi connectivity index (χ0) is 19.6. The van der Waals surface area contributed by atoms with Crippen LogP contribution < -0.4 is 10.1 Å². The summed E-state index contributed by atoms with van der Waals surface area (Å²) in [5.41, 5.74) is 1.82. The van der Waals surface area contributed by atoms with Gasteiger partial charge in [-0.2, -0.15) is 0 Å². The first-order valence-corrected chi connectivity index (χ1v) is 9.74. The van der Waals surface area contributed by atoms with E-state index >= 15 is 0 Å². The second-order valence-electron chi connectivity index (χ2n) is 7.15. The Morgan fingerprint density at radius 2 is 1.70 bits per heavy atom. The summed E-state index contributed by atoms with van der Waals surface area (Å²) >= 11 is 0. The van der Waals surface area contributed by atoms with Gasteiger partial charge in [0, 0.05) is 0 Å². The Morgan fingerprint density at radius 3 is 2.30 bits per heavy atom. The van der Waals surface area contributed by atoms with Crippen molar-refractivity contribution in [1.29, 1.82) is 0 Å². The standard InChI is InChI=1S/C23H31NO3/c1-4-8-17(2)16-27-21-13-11-20(12-14-21)22(15-25)24-23(26)18(3)19-9-6-5-7-10-19/h5-7,9-14,17-18,22,25H,4,8,15-16H2,1-3H3,(H,24,26)/t17?,18-,22+/m1/s1. The van der Waals surface area contributed by atoms with Crippen LogP contribution in [0.4, 0.5) is 0 Å². The van der Waals surface area contributed by atoms with E-state index in [0.717, 1.165) is 29.7 Å². The topological polar surface area (TPSA) is 58.6 Å². The number of ether oxygens (including phenoxy) is 1. The molecule has 1 unspecified atom stereocenters. The van der Waals surface area contributed by atoms with Gasteiger partial charge in [0.2, 0.25) is 5.91 Å². The number of hydrogen-bond acceptors (Lipinski definition) is 3. The largest absolute Gasteiger partial charge is 0.493 e. The molecule has 0 saturated heterocycles. The molecule has 1 amide bonds. The number of rotatable bonds is 10. The summed E-state index contributed by atoms with van der Waals surface area (Å²) in [5.74, 6) is 0.956. The average molecular weight is 370 g/mol. The molecule has 146 valence electrons. The van der Waals surface area contributed by atoms with E-state index < -0.39 is 6.04 Å². The average Bonchev–Trinajstić information content (AvgIpc) is 2.71. The van der Waals surface area contributed by atoms with Crippen molar-refractivity contribution in [2.75, 3.05) is 13.2 Å². The summed E-state index contributed by atoms with van der Waals surface area (Å²) in [6.07, 6.45) is 2.30. The van der Waals surface area contributed by atoms with Gasteiger partial charge in [-0.15, -0.1) is 0 Å². The molecule has 0 bridgehead atoms. The Hall–Kier alpha value is -2.33. The van der Waals surface area contributed by atoms with E-state index in [1.54, 1.807) is 0 Å². The molecule has 0 radical (unpaired) electrons. The van der Waals surface area contributed by atoms with Crippen molar-refractivity contribution in [3.8, 4) is 5.75 Å². The van der Waals surface area contributed by atoms with E-state index in [9.17, 15) is 9.90 Å². The van der Waals surface area contributed by atoms with Gasteiger partial charge in [0.25, 0.3) is 0 Å². The van der Waals surface area contributed by atoms with Crippen LogP contribution in [-0.2, 0) is 4.79 Å². The minimum absolute atomic E-state index is 0.103. The summed E-state index contributed by atoms with van der Waals surface area (Å²) in [5, 5.41) is 12.7. The normalized spacial score (nSPS) is 14.2. The van der Waals surface area contributed by atoms with Crippen LogP contribution in [0.5, 0.6) is 5.75 Å². The fourth-order valence-corrected chi connectivity index (χ4v) is 3.04. The Morgan fingerprint density at radius 1 is 1.04 bits per heavy atom. The Labute approximate surface area is 162 Å². The van der Waals surface area contributed by atoms with Crippen molar-refractivity contribution in [2.45, 2.75) is 45.6 Å². The number of amides is 1. The molecule has 0 aromatic heterocycles. The third-order valence-corrected chi connectivity index (χ3v) is 4.79. The molecule has 27 heavy (non-hydrogen) atoms. The highest BCUT2D eigenvalue weighted by molar-refractivity contribution is 5.83. The third-order valence-electron chi connectivity index (χ3n) is 4.79. The first-order valence-electron chi connectivity index (χ1n) is 9.74. The maximum absolute atomic E-state index is 12.5. The lowest BCUT2D eigenvalue weighted by Gasteiger charge is -2.20. The van der Waals surface area contributed by atoms with Crippen LogP contribution in [0.3, 0.4) is 0 Å². The van der Waals surface area contributed by atoms with Gasteiger partial charge in [-0.05, 0) is 42.5 Å². The van der Waals surface area contributed by atoms with Crippen molar-refractivity contribution in [1.82, 2.24) is 5.32 Å². The molecule has 2 rings (SSSR count). The number of aliphatic hydroxyl groups is 1. The van der Waals surface area contributed by atoms with E-state index in [1.807, 2.05) is 61.5 Å². The fourth-order valence-electron chi connectivity index (χ4n) is 3.04. The molecule has 0 aliphatic rings. The molecule has 0 saturated carbocycles. The van der Waals surface area contributed by atoms with Gasteiger partial charge in [-0.1, -0.05) is 62.7 Å². The highest BCUT2D eigenvalue weighted by Gasteiger charge is 2.19. The number of nitrogens with one attached hydrogen (secondary N) is 1. The molecule has 0 fully saturated rings. The maximum atomic E-state index is 12.5. The fraction of sp³-hybridized carbons (Fsp3) is 0.435. The Kier molecular flexibility index (Phi) is 8.34. The zero-order valence-corrected chi connectivity index (χ0v) is 16.5. The molecule has 0 spiro atoms. The lowest BCUT2D eigenvalue weighted by atomic mass is 9.99. The van der Waals surface area contributed by atoms with Crippen LogP contribution in [-0.4, -0.2) is 24.2 Å². The molecule has 4 heteroatoms. The van der Waals surface area contributed by atoms with Gasteiger partial charge in [0.05, 0.1) is 25.2 Å². The number of carbonyl (C=O) groups excluding carboxylic acids is 1. The summed E-state index contributed by atoms with van der Waals surface area (Å²) in [6, 6.07) is 16.8. The van der Waals surface area contributed by atoms with E-state index in [1.165, 1.54) is 0 Å². The van der Waals surface area contributed by atoms with Crippen molar-refractivity contribution >= 4 is 5.91 Å². The quantitative estimate of drug-likeness (QED) is 0.650. The summed E-state index contributed by atoms with van der Waals surface area (Å²) in [6.45, 7) is 6.77. The van der Waals surface area contributed by atoms with Crippen LogP contribution in [0, 0.1) is 5.92 Å². The summed E-state index contributed by atoms with van der Waals surface area (Å²) < 4.78 is 5.82. The summed E-state index contributed by atoms with van der Waals surface area (Å²) in [7, 11) is 0. The van der Waals surface area contributed by atoms with E-state index in [2.05, 4.69) is 19.2 Å². The van der Waals surface area contributed by atoms with Crippen LogP contribution in [0.25, 0.3) is 0 Å². The van der Waals surface area contributed by atoms with Gasteiger partial charge < -0.3 is 15.2 Å². The van der Waals surface area contributed by atoms with Crippen LogP contribution >= 0.6 is 0 Å². The van der Waals surface area contributed by atoms with Crippen molar-refractivity contribution in [3.05, 3.63) is 65.7 Å². The number of carbonyl (C=O) groups is 1. The van der Waals surface area contributed by atoms with Gasteiger partial charge in [-0.3, -0.25) is 4.79 Å². The van der Waals surface area contributed by atoms with E-state index in [4.69, 9.17) is 4.74 Å². The van der Waals surface area contributed by atoms with Crippen molar-refractivity contribution < 1.29 is 14.6 Å². The summed E-state index contributed by atoms with van der Waals surface area (Å²) in [4.78, 5) is 12.5. The lowest BCUT2D eigenvalue weighted by Crippen LogP contribution is -2.33. The molecular weight excluding hydrogens is 338 g/mol. The van der Waals surface area contributed by atoms with Crippen LogP contribution in [0.2, 0.25) is 0 Å². The second kappa shape index (κ2) is 10.7. The molecule has 2 aromatic carbocycles. The zero-order valence-electron chi connectivity index (χ0n) is 16.5. The molecule has 4 nitrogen and oxygen atoms in total. The third kappa shape index (κ3) is 6.40.